The van der Waals surface area contributed by atoms with Gasteiger partial charge in [0.15, 0.2) is 0 Å². The Kier molecular flexibility index (Phi) is 10.8. The highest BCUT2D eigenvalue weighted by Crippen LogP contribution is 2.27. The maximum absolute atomic E-state index is 13.4. The summed E-state index contributed by atoms with van der Waals surface area (Å²) in [6.07, 6.45) is 0.617. The quantitative estimate of drug-likeness (QED) is 0.378. The number of benzene rings is 1. The topological polar surface area (TPSA) is 152 Å². The highest BCUT2D eigenvalue weighted by atomic mass is 16.6. The van der Waals surface area contributed by atoms with E-state index in [0.717, 1.165) is 11.3 Å². The fraction of sp³-hybridized carbons (Fsp3) is 0.583. The first kappa shape index (κ1) is 28.7. The lowest BCUT2D eigenvalue weighted by Gasteiger charge is -2.33. The van der Waals surface area contributed by atoms with E-state index in [2.05, 4.69) is 10.6 Å². The van der Waals surface area contributed by atoms with E-state index >= 15 is 0 Å². The van der Waals surface area contributed by atoms with Crippen LogP contribution >= 0.6 is 0 Å². The Labute approximate surface area is 200 Å². The van der Waals surface area contributed by atoms with Crippen LogP contribution in [0.3, 0.4) is 0 Å². The average molecular weight is 477 g/mol. The molecule has 1 rings (SSSR count). The van der Waals surface area contributed by atoms with Gasteiger partial charge in [-0.05, 0) is 64.3 Å². The van der Waals surface area contributed by atoms with E-state index in [-0.39, 0.29) is 11.8 Å². The van der Waals surface area contributed by atoms with E-state index in [1.165, 1.54) is 12.1 Å². The Morgan fingerprint density at radius 3 is 2.38 bits per heavy atom. The molecule has 0 aliphatic carbocycles. The third kappa shape index (κ3) is 8.56. The van der Waals surface area contributed by atoms with Crippen molar-refractivity contribution in [1.29, 1.82) is 5.26 Å². The zero-order valence-corrected chi connectivity index (χ0v) is 20.7. The first-order valence-electron chi connectivity index (χ1n) is 11.2. The first-order valence-corrected chi connectivity index (χ1v) is 11.2. The summed E-state index contributed by atoms with van der Waals surface area (Å²) in [5.74, 6) is -1.34. The molecule has 0 aliphatic rings. The lowest BCUT2D eigenvalue weighted by Crippen LogP contribution is -2.55. The Balaban J connectivity index is 3.39. The highest BCUT2D eigenvalue weighted by Gasteiger charge is 2.36. The molecule has 34 heavy (non-hydrogen) atoms. The van der Waals surface area contributed by atoms with Crippen LogP contribution in [0.2, 0.25) is 0 Å². The van der Waals surface area contributed by atoms with Gasteiger partial charge in [-0.2, -0.15) is 5.26 Å². The van der Waals surface area contributed by atoms with Crippen LogP contribution in [0.15, 0.2) is 18.2 Å². The van der Waals surface area contributed by atoms with Gasteiger partial charge in [-0.25, -0.2) is 4.79 Å². The number of carbonyl (C=O) groups excluding carboxylic acids is 3. The second-order valence-corrected chi connectivity index (χ2v) is 9.15. The number of hydrogen-bond acceptors (Lipinski definition) is 7. The number of aromatic hydroxyl groups is 1. The molecule has 0 radical (unpaired) electrons. The van der Waals surface area contributed by atoms with Gasteiger partial charge < -0.3 is 30.5 Å². The van der Waals surface area contributed by atoms with Gasteiger partial charge in [0.2, 0.25) is 11.8 Å². The number of aryl methyl sites for hydroxylation is 1. The lowest BCUT2D eigenvalue weighted by molar-refractivity contribution is -0.142. The van der Waals surface area contributed by atoms with Crippen molar-refractivity contribution in [3.63, 3.8) is 0 Å². The summed E-state index contributed by atoms with van der Waals surface area (Å²) in [5.41, 5.74) is 0.0156. The van der Waals surface area contributed by atoms with Gasteiger partial charge in [0.1, 0.15) is 30.0 Å². The minimum absolute atomic E-state index is 0.0141. The van der Waals surface area contributed by atoms with Gasteiger partial charge in [0, 0.05) is 6.04 Å². The van der Waals surface area contributed by atoms with Gasteiger partial charge >= 0.3 is 6.09 Å². The molecule has 0 aliphatic heterocycles. The van der Waals surface area contributed by atoms with Crippen molar-refractivity contribution in [2.24, 2.45) is 0 Å². The molecule has 1 aromatic carbocycles. The fourth-order valence-electron chi connectivity index (χ4n) is 3.36. The molecule has 0 fully saturated rings. The number of phenolic OH excluding ortho intramolecular Hbond substituents is 1. The number of alkyl carbamates (subject to hydrolysis) is 1. The van der Waals surface area contributed by atoms with Gasteiger partial charge in [-0.1, -0.05) is 19.4 Å². The number of aliphatic hydroxyl groups is 1. The number of phenols is 1. The standard InChI is InChI=1S/C24H36N4O6/c1-7-8-16(3)26-21(31)20(17-9-10-19(30)15(2)13-17)28(12-11-25)22(32)18(14-29)27-23(33)34-24(4,5)6/h9-10,13,16,18,20,29-30H,7-8,12,14H2,1-6H3,(H,26,31)(H,27,33). The Morgan fingerprint density at radius 1 is 1.24 bits per heavy atom. The minimum atomic E-state index is -1.44. The van der Waals surface area contributed by atoms with Gasteiger partial charge in [-0.3, -0.25) is 9.59 Å². The molecule has 3 unspecified atom stereocenters. The van der Waals surface area contributed by atoms with E-state index < -0.39 is 48.7 Å². The van der Waals surface area contributed by atoms with Crippen LogP contribution in [0, 0.1) is 18.3 Å². The molecule has 0 bridgehead atoms. The number of aliphatic hydroxyl groups excluding tert-OH is 1. The van der Waals surface area contributed by atoms with Crippen molar-refractivity contribution in [3.05, 3.63) is 29.3 Å². The van der Waals surface area contributed by atoms with E-state index in [4.69, 9.17) is 4.74 Å². The van der Waals surface area contributed by atoms with E-state index in [9.17, 15) is 29.9 Å². The molecule has 1 aromatic rings. The normalized spacial score (nSPS) is 13.7. The monoisotopic (exact) mass is 476 g/mol. The largest absolute Gasteiger partial charge is 0.508 e. The number of nitriles is 1. The minimum Gasteiger partial charge on any atom is -0.508 e. The van der Waals surface area contributed by atoms with Crippen LogP contribution < -0.4 is 10.6 Å². The van der Waals surface area contributed by atoms with Crippen molar-refractivity contribution in [2.75, 3.05) is 13.2 Å². The number of amides is 3. The summed E-state index contributed by atoms with van der Waals surface area (Å²) in [5, 5.41) is 34.3. The van der Waals surface area contributed by atoms with Crippen LogP contribution in [0.1, 0.15) is 64.6 Å². The number of nitrogens with zero attached hydrogens (tertiary/aromatic N) is 2. The molecule has 0 spiro atoms. The number of rotatable bonds is 10. The van der Waals surface area contributed by atoms with Crippen LogP contribution in [0.4, 0.5) is 4.79 Å². The van der Waals surface area contributed by atoms with Gasteiger partial charge in [0.25, 0.3) is 0 Å². The van der Waals surface area contributed by atoms with Crippen LogP contribution in [0.5, 0.6) is 5.75 Å². The van der Waals surface area contributed by atoms with E-state index in [1.54, 1.807) is 33.8 Å². The summed E-state index contributed by atoms with van der Waals surface area (Å²) in [7, 11) is 0. The number of hydrogen-bond donors (Lipinski definition) is 4. The average Bonchev–Trinajstić information content (AvgIpc) is 2.72. The van der Waals surface area contributed by atoms with E-state index in [1.807, 2.05) is 19.9 Å². The summed E-state index contributed by atoms with van der Waals surface area (Å²) >= 11 is 0. The molecule has 10 nitrogen and oxygen atoms in total. The predicted octanol–water partition coefficient (Wildman–Crippen LogP) is 2.28. The molecule has 10 heteroatoms. The molecule has 188 valence electrons. The SMILES string of the molecule is CCCC(C)NC(=O)C(c1ccc(O)c(C)c1)N(CC#N)C(=O)C(CO)NC(=O)OC(C)(C)C. The van der Waals surface area contributed by atoms with Crippen molar-refractivity contribution < 1.29 is 29.3 Å². The third-order valence-electron chi connectivity index (χ3n) is 4.90. The van der Waals surface area contributed by atoms with Crippen molar-refractivity contribution in [1.82, 2.24) is 15.5 Å². The molecule has 4 N–H and O–H groups in total. The predicted molar refractivity (Wildman–Crippen MR) is 126 cm³/mol. The lowest BCUT2D eigenvalue weighted by atomic mass is 10.00. The summed E-state index contributed by atoms with van der Waals surface area (Å²) < 4.78 is 5.16. The molecule has 0 heterocycles. The first-order chi connectivity index (χ1) is 15.8. The zero-order valence-electron chi connectivity index (χ0n) is 20.7. The Hall–Kier alpha value is -3.32. The molecular weight excluding hydrogens is 440 g/mol. The van der Waals surface area contributed by atoms with Gasteiger partial charge in [-0.15, -0.1) is 0 Å². The van der Waals surface area contributed by atoms with Crippen molar-refractivity contribution >= 4 is 17.9 Å². The zero-order chi connectivity index (χ0) is 26.1. The summed E-state index contributed by atoms with van der Waals surface area (Å²) in [6.45, 7) is 9.14. The number of carbonyl (C=O) groups is 3. The number of nitrogens with one attached hydrogen (secondary N) is 2. The van der Waals surface area contributed by atoms with Crippen molar-refractivity contribution in [2.45, 2.75) is 78.1 Å². The molecule has 3 atom stereocenters. The molecule has 3 amide bonds. The van der Waals surface area contributed by atoms with E-state index in [0.29, 0.717) is 17.5 Å². The number of ether oxygens (including phenoxy) is 1. The molecular formula is C24H36N4O6. The maximum Gasteiger partial charge on any atom is 0.408 e. The Morgan fingerprint density at radius 2 is 1.88 bits per heavy atom. The van der Waals surface area contributed by atoms with Crippen LogP contribution in [-0.4, -0.2) is 63.9 Å². The molecule has 0 saturated carbocycles. The second-order valence-electron chi connectivity index (χ2n) is 9.15. The highest BCUT2D eigenvalue weighted by molar-refractivity contribution is 5.92. The smallest absolute Gasteiger partial charge is 0.408 e. The van der Waals surface area contributed by atoms with Crippen LogP contribution in [0.25, 0.3) is 0 Å². The fourth-order valence-corrected chi connectivity index (χ4v) is 3.36. The summed E-state index contributed by atoms with van der Waals surface area (Å²) in [6, 6.07) is 3.46. The summed E-state index contributed by atoms with van der Waals surface area (Å²) in [4.78, 5) is 39.9. The van der Waals surface area contributed by atoms with Crippen LogP contribution in [-0.2, 0) is 14.3 Å². The third-order valence-corrected chi connectivity index (χ3v) is 4.90. The van der Waals surface area contributed by atoms with Gasteiger partial charge in [0.05, 0.1) is 12.7 Å². The maximum atomic E-state index is 13.4. The van der Waals surface area contributed by atoms with Crippen molar-refractivity contribution in [3.8, 4) is 11.8 Å². The molecule has 0 saturated heterocycles. The Bertz CT molecular complexity index is 906. The molecule has 0 aromatic heterocycles. The second kappa shape index (κ2) is 12.8.